The summed E-state index contributed by atoms with van der Waals surface area (Å²) >= 11 is 3.52. The van der Waals surface area contributed by atoms with E-state index in [9.17, 15) is 4.79 Å². The second-order valence-electron chi connectivity index (χ2n) is 6.76. The molecule has 0 bridgehead atoms. The number of amides is 1. The van der Waals surface area contributed by atoms with Gasteiger partial charge in [0.1, 0.15) is 5.60 Å². The van der Waals surface area contributed by atoms with Crippen molar-refractivity contribution < 1.29 is 9.53 Å². The van der Waals surface area contributed by atoms with E-state index in [1.165, 1.54) is 5.56 Å². The van der Waals surface area contributed by atoms with Gasteiger partial charge in [0.2, 0.25) is 0 Å². The standard InChI is InChI=1S/C17H25BrN2O2/c1-5-15(12-7-6-8-13(18)9-12)19-14-10-20(11-14)16(21)22-17(2,3)4/h6-9,14-15,19H,5,10-11H2,1-4H3. The highest BCUT2D eigenvalue weighted by molar-refractivity contribution is 9.10. The highest BCUT2D eigenvalue weighted by Gasteiger charge is 2.34. The highest BCUT2D eigenvalue weighted by atomic mass is 79.9. The van der Waals surface area contributed by atoms with E-state index < -0.39 is 5.60 Å². The molecule has 0 aromatic heterocycles. The Morgan fingerprint density at radius 2 is 2.14 bits per heavy atom. The van der Waals surface area contributed by atoms with Crippen LogP contribution < -0.4 is 5.32 Å². The van der Waals surface area contributed by atoms with Gasteiger partial charge >= 0.3 is 6.09 Å². The third kappa shape index (κ3) is 4.71. The highest BCUT2D eigenvalue weighted by Crippen LogP contribution is 2.23. The lowest BCUT2D eigenvalue weighted by Gasteiger charge is -2.41. The molecule has 1 aromatic rings. The number of hydrogen-bond acceptors (Lipinski definition) is 3. The number of likely N-dealkylation sites (tertiary alicyclic amines) is 1. The lowest BCUT2D eigenvalue weighted by molar-refractivity contribution is 0.00408. The predicted molar refractivity (Wildman–Crippen MR) is 91.9 cm³/mol. The van der Waals surface area contributed by atoms with E-state index in [2.05, 4.69) is 46.4 Å². The van der Waals surface area contributed by atoms with Gasteiger partial charge in [-0.2, -0.15) is 0 Å². The first-order valence-electron chi connectivity index (χ1n) is 7.78. The van der Waals surface area contributed by atoms with Crippen LogP contribution in [0.5, 0.6) is 0 Å². The molecule has 1 amide bonds. The third-order valence-corrected chi connectivity index (χ3v) is 4.12. The third-order valence-electron chi connectivity index (χ3n) is 3.63. The Labute approximate surface area is 141 Å². The molecule has 0 radical (unpaired) electrons. The smallest absolute Gasteiger partial charge is 0.410 e. The van der Waals surface area contributed by atoms with E-state index in [1.54, 1.807) is 4.90 Å². The molecule has 2 rings (SSSR count). The topological polar surface area (TPSA) is 41.6 Å². The zero-order chi connectivity index (χ0) is 16.3. The predicted octanol–water partition coefficient (Wildman–Crippen LogP) is 4.11. The Bertz CT molecular complexity index is 522. The van der Waals surface area contributed by atoms with Crippen molar-refractivity contribution in [3.05, 3.63) is 34.3 Å². The van der Waals surface area contributed by atoms with Crippen molar-refractivity contribution in [3.8, 4) is 0 Å². The number of hydrogen-bond donors (Lipinski definition) is 1. The molecule has 1 fully saturated rings. The van der Waals surface area contributed by atoms with Crippen LogP contribution in [0.3, 0.4) is 0 Å². The Kier molecular flexibility index (Phi) is 5.50. The number of benzene rings is 1. The molecule has 0 spiro atoms. The summed E-state index contributed by atoms with van der Waals surface area (Å²) in [5.41, 5.74) is 0.838. The first kappa shape index (κ1) is 17.3. The minimum Gasteiger partial charge on any atom is -0.444 e. The van der Waals surface area contributed by atoms with E-state index in [-0.39, 0.29) is 6.09 Å². The molecule has 1 heterocycles. The quantitative estimate of drug-likeness (QED) is 0.869. The second kappa shape index (κ2) is 7.01. The summed E-state index contributed by atoms with van der Waals surface area (Å²) in [6.07, 6.45) is 0.792. The van der Waals surface area contributed by atoms with Crippen LogP contribution in [0.4, 0.5) is 4.79 Å². The molecule has 122 valence electrons. The van der Waals surface area contributed by atoms with Crippen LogP contribution in [-0.4, -0.2) is 35.7 Å². The van der Waals surface area contributed by atoms with Gasteiger partial charge in [-0.3, -0.25) is 0 Å². The largest absolute Gasteiger partial charge is 0.444 e. The van der Waals surface area contributed by atoms with Crippen LogP contribution >= 0.6 is 15.9 Å². The van der Waals surface area contributed by atoms with Crippen LogP contribution in [0.2, 0.25) is 0 Å². The Morgan fingerprint density at radius 1 is 1.45 bits per heavy atom. The minimum atomic E-state index is -0.433. The summed E-state index contributed by atoms with van der Waals surface area (Å²) in [4.78, 5) is 13.7. The number of halogens is 1. The van der Waals surface area contributed by atoms with Gasteiger partial charge in [0, 0.05) is 29.6 Å². The first-order valence-corrected chi connectivity index (χ1v) is 8.57. The Hall–Kier alpha value is -1.07. The van der Waals surface area contributed by atoms with Crippen LogP contribution in [0.15, 0.2) is 28.7 Å². The molecular weight excluding hydrogens is 344 g/mol. The van der Waals surface area contributed by atoms with Crippen molar-refractivity contribution in [1.82, 2.24) is 10.2 Å². The molecule has 1 unspecified atom stereocenters. The van der Waals surface area contributed by atoms with Crippen molar-refractivity contribution >= 4 is 22.0 Å². The van der Waals surface area contributed by atoms with Crippen molar-refractivity contribution in [1.29, 1.82) is 0 Å². The van der Waals surface area contributed by atoms with Gasteiger partial charge in [0.05, 0.1) is 0 Å². The molecular formula is C17H25BrN2O2. The SMILES string of the molecule is CCC(NC1CN(C(=O)OC(C)(C)C)C1)c1cccc(Br)c1. The molecule has 22 heavy (non-hydrogen) atoms. The van der Waals surface area contributed by atoms with Gasteiger partial charge in [-0.05, 0) is 44.9 Å². The van der Waals surface area contributed by atoms with Crippen LogP contribution in [-0.2, 0) is 4.74 Å². The summed E-state index contributed by atoms with van der Waals surface area (Å²) < 4.78 is 6.47. The Morgan fingerprint density at radius 3 is 2.68 bits per heavy atom. The molecule has 1 aliphatic heterocycles. The first-order chi connectivity index (χ1) is 10.3. The van der Waals surface area contributed by atoms with Gasteiger partial charge in [-0.25, -0.2) is 4.79 Å². The van der Waals surface area contributed by atoms with E-state index in [4.69, 9.17) is 4.74 Å². The molecule has 1 atom stereocenters. The molecule has 0 saturated carbocycles. The summed E-state index contributed by atoms with van der Waals surface area (Å²) in [5.74, 6) is 0. The lowest BCUT2D eigenvalue weighted by atomic mass is 10.0. The minimum absolute atomic E-state index is 0.221. The number of carbonyl (C=O) groups is 1. The van der Waals surface area contributed by atoms with E-state index in [0.29, 0.717) is 25.2 Å². The normalized spacial score (nSPS) is 17.0. The van der Waals surface area contributed by atoms with Gasteiger partial charge in [-0.1, -0.05) is 35.0 Å². The molecule has 1 aliphatic rings. The van der Waals surface area contributed by atoms with E-state index in [0.717, 1.165) is 10.9 Å². The summed E-state index contributed by atoms with van der Waals surface area (Å²) in [6, 6.07) is 9.00. The fourth-order valence-corrected chi connectivity index (χ4v) is 2.93. The molecule has 1 N–H and O–H groups in total. The average molecular weight is 369 g/mol. The molecule has 1 aromatic carbocycles. The summed E-state index contributed by atoms with van der Waals surface area (Å²) in [7, 11) is 0. The van der Waals surface area contributed by atoms with Crippen LogP contribution in [0.1, 0.15) is 45.7 Å². The van der Waals surface area contributed by atoms with E-state index >= 15 is 0 Å². The molecule has 5 heteroatoms. The summed E-state index contributed by atoms with van der Waals surface area (Å²) in [5, 5.41) is 3.62. The molecule has 1 saturated heterocycles. The van der Waals surface area contributed by atoms with Crippen molar-refractivity contribution in [2.24, 2.45) is 0 Å². The van der Waals surface area contributed by atoms with Gasteiger partial charge in [0.25, 0.3) is 0 Å². The monoisotopic (exact) mass is 368 g/mol. The Balaban J connectivity index is 1.84. The number of nitrogens with zero attached hydrogens (tertiary/aromatic N) is 1. The van der Waals surface area contributed by atoms with Crippen molar-refractivity contribution in [2.45, 2.75) is 51.8 Å². The number of nitrogens with one attached hydrogen (secondary N) is 1. The lowest BCUT2D eigenvalue weighted by Crippen LogP contribution is -2.61. The maximum absolute atomic E-state index is 11.9. The molecule has 4 nitrogen and oxygen atoms in total. The van der Waals surface area contributed by atoms with Gasteiger partial charge < -0.3 is 15.0 Å². The number of rotatable bonds is 4. The second-order valence-corrected chi connectivity index (χ2v) is 7.68. The maximum atomic E-state index is 11.9. The van der Waals surface area contributed by atoms with E-state index in [1.807, 2.05) is 26.8 Å². The number of ether oxygens (including phenoxy) is 1. The zero-order valence-electron chi connectivity index (χ0n) is 13.7. The molecule has 0 aliphatic carbocycles. The van der Waals surface area contributed by atoms with Gasteiger partial charge in [-0.15, -0.1) is 0 Å². The maximum Gasteiger partial charge on any atom is 0.410 e. The zero-order valence-corrected chi connectivity index (χ0v) is 15.3. The van der Waals surface area contributed by atoms with Crippen LogP contribution in [0, 0.1) is 0 Å². The van der Waals surface area contributed by atoms with Crippen molar-refractivity contribution in [3.63, 3.8) is 0 Å². The van der Waals surface area contributed by atoms with Crippen molar-refractivity contribution in [2.75, 3.05) is 13.1 Å². The average Bonchev–Trinajstić information content (AvgIpc) is 2.35. The fraction of sp³-hybridized carbons (Fsp3) is 0.588. The van der Waals surface area contributed by atoms with Gasteiger partial charge in [0.15, 0.2) is 0 Å². The summed E-state index contributed by atoms with van der Waals surface area (Å²) in [6.45, 7) is 9.25. The van der Waals surface area contributed by atoms with Crippen LogP contribution in [0.25, 0.3) is 0 Å². The number of carbonyl (C=O) groups excluding carboxylic acids is 1. The fourth-order valence-electron chi connectivity index (χ4n) is 2.52.